The van der Waals surface area contributed by atoms with Crippen molar-refractivity contribution in [1.82, 2.24) is 14.6 Å². The molecule has 0 amide bonds. The summed E-state index contributed by atoms with van der Waals surface area (Å²) in [6.07, 6.45) is 2.82. The number of hydrogen-bond acceptors (Lipinski definition) is 4. The number of aromatic nitrogens is 3. The molecular formula is C6H6N4O2S. The Kier molecular flexibility index (Phi) is 1.57. The maximum absolute atomic E-state index is 10.9. The molecule has 0 spiro atoms. The monoisotopic (exact) mass is 198 g/mol. The number of rotatable bonds is 1. The fraction of sp³-hybridized carbons (Fsp3) is 0. The molecule has 0 atom stereocenters. The number of fused-ring (bicyclic) bond motifs is 1. The van der Waals surface area contributed by atoms with Crippen LogP contribution < -0.4 is 5.14 Å². The number of primary sulfonamides is 1. The van der Waals surface area contributed by atoms with Crippen LogP contribution in [0.5, 0.6) is 0 Å². The first-order valence-electron chi connectivity index (χ1n) is 3.39. The Balaban J connectivity index is 2.75. The van der Waals surface area contributed by atoms with Crippen LogP contribution in [0, 0.1) is 0 Å². The molecule has 0 unspecified atom stereocenters. The van der Waals surface area contributed by atoms with Gasteiger partial charge in [0.1, 0.15) is 6.33 Å². The molecule has 2 aromatic heterocycles. The van der Waals surface area contributed by atoms with Crippen LogP contribution in [0.15, 0.2) is 29.6 Å². The van der Waals surface area contributed by atoms with E-state index in [2.05, 4.69) is 10.1 Å². The molecule has 0 aliphatic heterocycles. The lowest BCUT2D eigenvalue weighted by atomic mass is 10.5. The lowest BCUT2D eigenvalue weighted by Gasteiger charge is -1.96. The standard InChI is InChI=1S/C6H6N4O2S/c7-13(11,12)5-1-2-10-6(3-5)8-4-9-10/h1-4H,(H2,7,11,12). The average molecular weight is 198 g/mol. The van der Waals surface area contributed by atoms with Crippen LogP contribution in [-0.2, 0) is 10.0 Å². The summed E-state index contributed by atoms with van der Waals surface area (Å²) in [7, 11) is -3.65. The van der Waals surface area contributed by atoms with Crippen LogP contribution >= 0.6 is 0 Å². The van der Waals surface area contributed by atoms with Gasteiger partial charge in [0.05, 0.1) is 4.90 Å². The van der Waals surface area contributed by atoms with Crippen LogP contribution in [0.25, 0.3) is 5.65 Å². The molecule has 2 heterocycles. The lowest BCUT2D eigenvalue weighted by molar-refractivity contribution is 0.597. The Bertz CT molecular complexity index is 545. The van der Waals surface area contributed by atoms with Gasteiger partial charge in [-0.2, -0.15) is 5.10 Å². The highest BCUT2D eigenvalue weighted by atomic mass is 32.2. The van der Waals surface area contributed by atoms with E-state index in [0.717, 1.165) is 0 Å². The Morgan fingerprint density at radius 1 is 1.46 bits per heavy atom. The highest BCUT2D eigenvalue weighted by molar-refractivity contribution is 7.89. The minimum absolute atomic E-state index is 0.0352. The van der Waals surface area contributed by atoms with Crippen LogP contribution in [-0.4, -0.2) is 23.0 Å². The molecule has 0 aromatic carbocycles. The van der Waals surface area contributed by atoms with Gasteiger partial charge < -0.3 is 0 Å². The molecule has 0 fully saturated rings. The predicted molar refractivity (Wildman–Crippen MR) is 44.4 cm³/mol. The van der Waals surface area contributed by atoms with E-state index in [-0.39, 0.29) is 4.90 Å². The smallest absolute Gasteiger partial charge is 0.225 e. The third-order valence-electron chi connectivity index (χ3n) is 1.58. The molecule has 6 nitrogen and oxygen atoms in total. The van der Waals surface area contributed by atoms with Crippen molar-refractivity contribution in [2.75, 3.05) is 0 Å². The van der Waals surface area contributed by atoms with Gasteiger partial charge in [-0.1, -0.05) is 0 Å². The summed E-state index contributed by atoms with van der Waals surface area (Å²) in [5.74, 6) is 0. The molecule has 7 heteroatoms. The largest absolute Gasteiger partial charge is 0.238 e. The molecule has 2 rings (SSSR count). The summed E-state index contributed by atoms with van der Waals surface area (Å²) in [5.41, 5.74) is 0.450. The Labute approximate surface area is 74.1 Å². The van der Waals surface area contributed by atoms with Gasteiger partial charge in [0, 0.05) is 12.3 Å². The summed E-state index contributed by atoms with van der Waals surface area (Å²) in [6.45, 7) is 0. The van der Waals surface area contributed by atoms with Gasteiger partial charge in [-0.3, -0.25) is 0 Å². The quantitative estimate of drug-likeness (QED) is 0.661. The van der Waals surface area contributed by atoms with Gasteiger partial charge in [0.15, 0.2) is 5.65 Å². The molecule has 2 aromatic rings. The SMILES string of the molecule is NS(=O)(=O)c1ccn2ncnc2c1. The molecule has 68 valence electrons. The lowest BCUT2D eigenvalue weighted by Crippen LogP contribution is -2.12. The van der Waals surface area contributed by atoms with Crippen LogP contribution in [0.4, 0.5) is 0 Å². The van der Waals surface area contributed by atoms with Crippen molar-refractivity contribution >= 4 is 15.7 Å². The summed E-state index contributed by atoms with van der Waals surface area (Å²) in [5, 5.41) is 8.74. The van der Waals surface area contributed by atoms with Gasteiger partial charge >= 0.3 is 0 Å². The first-order chi connectivity index (χ1) is 6.07. The van der Waals surface area contributed by atoms with Crippen molar-refractivity contribution in [3.63, 3.8) is 0 Å². The number of nitrogens with zero attached hydrogens (tertiary/aromatic N) is 3. The van der Waals surface area contributed by atoms with Crippen LogP contribution in [0.2, 0.25) is 0 Å². The van der Waals surface area contributed by atoms with Crippen LogP contribution in [0.3, 0.4) is 0 Å². The van der Waals surface area contributed by atoms with Crippen molar-refractivity contribution < 1.29 is 8.42 Å². The zero-order chi connectivity index (χ0) is 9.47. The van der Waals surface area contributed by atoms with Crippen LogP contribution in [0.1, 0.15) is 0 Å². The van der Waals surface area contributed by atoms with E-state index in [0.29, 0.717) is 5.65 Å². The van der Waals surface area contributed by atoms with Crippen molar-refractivity contribution in [3.05, 3.63) is 24.7 Å². The first kappa shape index (κ1) is 8.14. The zero-order valence-corrected chi connectivity index (χ0v) is 7.27. The molecule has 13 heavy (non-hydrogen) atoms. The van der Waals surface area contributed by atoms with Gasteiger partial charge in [-0.05, 0) is 6.07 Å². The fourth-order valence-corrected chi connectivity index (χ4v) is 1.49. The molecule has 0 bridgehead atoms. The van der Waals surface area contributed by atoms with E-state index in [1.807, 2.05) is 0 Å². The molecule has 0 saturated heterocycles. The molecule has 0 aliphatic rings. The summed E-state index contributed by atoms with van der Waals surface area (Å²) in [4.78, 5) is 3.86. The maximum Gasteiger partial charge on any atom is 0.238 e. The Morgan fingerprint density at radius 3 is 2.92 bits per heavy atom. The van der Waals surface area contributed by atoms with Crippen molar-refractivity contribution in [2.24, 2.45) is 5.14 Å². The molecule has 2 N–H and O–H groups in total. The van der Waals surface area contributed by atoms with Gasteiger partial charge in [-0.15, -0.1) is 0 Å². The van der Waals surface area contributed by atoms with Crippen molar-refractivity contribution in [3.8, 4) is 0 Å². The maximum atomic E-state index is 10.9. The second kappa shape index (κ2) is 2.51. The van der Waals surface area contributed by atoms with E-state index < -0.39 is 10.0 Å². The second-order valence-corrected chi connectivity index (χ2v) is 4.03. The topological polar surface area (TPSA) is 90.4 Å². The van der Waals surface area contributed by atoms with E-state index in [1.54, 1.807) is 0 Å². The average Bonchev–Trinajstić information content (AvgIpc) is 2.47. The minimum atomic E-state index is -3.65. The van der Waals surface area contributed by atoms with Gasteiger partial charge in [-0.25, -0.2) is 23.1 Å². The first-order valence-corrected chi connectivity index (χ1v) is 4.94. The predicted octanol–water partition coefficient (Wildman–Crippen LogP) is -0.623. The number of pyridine rings is 1. The summed E-state index contributed by atoms with van der Waals surface area (Å²) >= 11 is 0. The Morgan fingerprint density at radius 2 is 2.23 bits per heavy atom. The minimum Gasteiger partial charge on any atom is -0.225 e. The molecule has 0 radical (unpaired) electrons. The van der Waals surface area contributed by atoms with Gasteiger partial charge in [0.25, 0.3) is 0 Å². The fourth-order valence-electron chi connectivity index (χ4n) is 0.974. The zero-order valence-electron chi connectivity index (χ0n) is 6.45. The van der Waals surface area contributed by atoms with E-state index in [9.17, 15) is 8.42 Å². The third-order valence-corrected chi connectivity index (χ3v) is 2.49. The molecule has 0 aliphatic carbocycles. The summed E-state index contributed by atoms with van der Waals surface area (Å²) < 4.78 is 23.3. The summed E-state index contributed by atoms with van der Waals surface area (Å²) in [6, 6.07) is 2.74. The third kappa shape index (κ3) is 1.38. The number of sulfonamides is 1. The van der Waals surface area contributed by atoms with E-state index >= 15 is 0 Å². The Hall–Kier alpha value is -1.47. The molecule has 0 saturated carbocycles. The van der Waals surface area contributed by atoms with E-state index in [4.69, 9.17) is 5.14 Å². The highest BCUT2D eigenvalue weighted by Gasteiger charge is 2.08. The normalized spacial score (nSPS) is 12.1. The van der Waals surface area contributed by atoms with Gasteiger partial charge in [0.2, 0.25) is 10.0 Å². The van der Waals surface area contributed by atoms with Crippen molar-refractivity contribution in [1.29, 1.82) is 0 Å². The highest BCUT2D eigenvalue weighted by Crippen LogP contribution is 2.07. The number of hydrogen-bond donors (Lipinski definition) is 1. The molecular weight excluding hydrogens is 192 g/mol. The van der Waals surface area contributed by atoms with E-state index in [1.165, 1.54) is 29.2 Å². The van der Waals surface area contributed by atoms with Crippen molar-refractivity contribution in [2.45, 2.75) is 4.90 Å². The number of nitrogens with two attached hydrogens (primary N) is 1. The second-order valence-electron chi connectivity index (χ2n) is 2.47.